The molecule has 42 heavy (non-hydrogen) atoms. The van der Waals surface area contributed by atoms with Gasteiger partial charge in [0.25, 0.3) is 11.8 Å². The number of nitrogens with zero attached hydrogens (tertiary/aromatic N) is 2. The normalized spacial score (nSPS) is 10.5. The van der Waals surface area contributed by atoms with Gasteiger partial charge < -0.3 is 20.1 Å². The lowest BCUT2D eigenvalue weighted by molar-refractivity contribution is 0.0933. The summed E-state index contributed by atoms with van der Waals surface area (Å²) in [4.78, 5) is 34.4. The van der Waals surface area contributed by atoms with E-state index in [1.807, 2.05) is 84.9 Å². The van der Waals surface area contributed by atoms with Crippen LogP contribution in [-0.4, -0.2) is 21.8 Å². The summed E-state index contributed by atoms with van der Waals surface area (Å²) >= 11 is 0. The third-order valence-electron chi connectivity index (χ3n) is 6.34. The fourth-order valence-corrected chi connectivity index (χ4v) is 4.21. The quantitative estimate of drug-likeness (QED) is 0.210. The van der Waals surface area contributed by atoms with E-state index in [9.17, 15) is 9.59 Å². The molecule has 8 nitrogen and oxygen atoms in total. The molecule has 5 rings (SSSR count). The van der Waals surface area contributed by atoms with E-state index < -0.39 is 0 Å². The Morgan fingerprint density at radius 2 is 0.952 bits per heavy atom. The zero-order valence-electron chi connectivity index (χ0n) is 22.9. The Morgan fingerprint density at radius 1 is 0.524 bits per heavy atom. The van der Waals surface area contributed by atoms with Crippen LogP contribution in [0.3, 0.4) is 0 Å². The van der Waals surface area contributed by atoms with E-state index >= 15 is 0 Å². The van der Waals surface area contributed by atoms with Gasteiger partial charge in [-0.25, -0.2) is 9.97 Å². The topological polar surface area (TPSA) is 102 Å². The highest BCUT2D eigenvalue weighted by Gasteiger charge is 2.16. The van der Waals surface area contributed by atoms with Crippen molar-refractivity contribution < 1.29 is 19.1 Å². The average molecular weight is 559 g/mol. The van der Waals surface area contributed by atoms with Gasteiger partial charge in [-0.05, 0) is 46.5 Å². The van der Waals surface area contributed by atoms with Crippen LogP contribution in [0.4, 0.5) is 0 Å². The van der Waals surface area contributed by atoms with Gasteiger partial charge in [0.05, 0.1) is 0 Å². The molecule has 210 valence electrons. The number of hydrogen-bond donors (Lipinski definition) is 2. The summed E-state index contributed by atoms with van der Waals surface area (Å²) in [6.07, 6.45) is 3.13. The van der Waals surface area contributed by atoms with Gasteiger partial charge in [0, 0.05) is 25.5 Å². The Hall–Kier alpha value is -5.50. The molecular weight excluding hydrogens is 528 g/mol. The average Bonchev–Trinajstić information content (AvgIpc) is 3.05. The third kappa shape index (κ3) is 7.79. The zero-order chi connectivity index (χ0) is 29.0. The summed E-state index contributed by atoms with van der Waals surface area (Å²) in [6, 6.07) is 34.0. The Kier molecular flexibility index (Phi) is 9.50. The molecule has 2 aromatic heterocycles. The van der Waals surface area contributed by atoms with E-state index in [0.29, 0.717) is 24.7 Å². The second-order valence-electron chi connectivity index (χ2n) is 9.43. The summed E-state index contributed by atoms with van der Waals surface area (Å²) < 4.78 is 11.7. The second kappa shape index (κ2) is 14.2. The molecule has 3 aromatic carbocycles. The summed E-state index contributed by atoms with van der Waals surface area (Å²) in [6.45, 7) is 1.24. The number of carbonyl (C=O) groups excluding carboxylic acids is 2. The highest BCUT2D eigenvalue weighted by atomic mass is 16.5. The molecule has 5 aromatic rings. The first-order valence-corrected chi connectivity index (χ1v) is 13.5. The standard InChI is InChI=1S/C34H30N4O4/c39-33(31-29(16-8-18-35-31)41-23-25-10-3-1-4-11-25)37-21-27-14-7-15-28(20-27)22-38-34(40)32-30(17-9-19-36-32)42-24-26-12-5-2-6-13-26/h1-20H,21-24H2,(H,37,39)(H,38,40). The Balaban J connectivity index is 1.15. The molecule has 0 saturated carbocycles. The Bertz CT molecular complexity index is 1510. The van der Waals surface area contributed by atoms with Gasteiger partial charge in [0.2, 0.25) is 0 Å². The van der Waals surface area contributed by atoms with Crippen molar-refractivity contribution in [3.63, 3.8) is 0 Å². The number of carbonyl (C=O) groups is 2. The van der Waals surface area contributed by atoms with Crippen molar-refractivity contribution in [1.82, 2.24) is 20.6 Å². The van der Waals surface area contributed by atoms with Crippen LogP contribution in [0.2, 0.25) is 0 Å². The number of amides is 2. The molecule has 0 saturated heterocycles. The molecule has 0 unspecified atom stereocenters. The lowest BCUT2D eigenvalue weighted by Crippen LogP contribution is -2.25. The van der Waals surface area contributed by atoms with Crippen molar-refractivity contribution in [2.24, 2.45) is 0 Å². The maximum absolute atomic E-state index is 13.0. The van der Waals surface area contributed by atoms with E-state index in [0.717, 1.165) is 22.3 Å². The minimum Gasteiger partial charge on any atom is -0.486 e. The monoisotopic (exact) mass is 558 g/mol. The summed E-state index contributed by atoms with van der Waals surface area (Å²) in [5.74, 6) is 0.153. The molecule has 8 heteroatoms. The maximum Gasteiger partial charge on any atom is 0.274 e. The number of ether oxygens (including phenoxy) is 2. The van der Waals surface area contributed by atoms with Gasteiger partial charge in [0.1, 0.15) is 13.2 Å². The van der Waals surface area contributed by atoms with Gasteiger partial charge in [-0.3, -0.25) is 9.59 Å². The Morgan fingerprint density at radius 3 is 1.40 bits per heavy atom. The maximum atomic E-state index is 13.0. The minimum absolute atomic E-state index is 0.220. The lowest BCUT2D eigenvalue weighted by atomic mass is 10.1. The lowest BCUT2D eigenvalue weighted by Gasteiger charge is -2.12. The largest absolute Gasteiger partial charge is 0.486 e. The smallest absolute Gasteiger partial charge is 0.274 e. The molecule has 0 radical (unpaired) electrons. The second-order valence-corrected chi connectivity index (χ2v) is 9.43. The molecule has 0 atom stereocenters. The molecule has 0 fully saturated rings. The van der Waals surface area contributed by atoms with Crippen LogP contribution in [0.1, 0.15) is 43.2 Å². The van der Waals surface area contributed by atoms with E-state index in [4.69, 9.17) is 9.47 Å². The van der Waals surface area contributed by atoms with Crippen LogP contribution in [0.25, 0.3) is 0 Å². The van der Waals surface area contributed by atoms with E-state index in [1.165, 1.54) is 0 Å². The number of pyridine rings is 2. The first-order chi connectivity index (χ1) is 20.7. The zero-order valence-corrected chi connectivity index (χ0v) is 22.9. The molecule has 2 heterocycles. The van der Waals surface area contributed by atoms with Crippen molar-refractivity contribution in [3.8, 4) is 11.5 Å². The van der Waals surface area contributed by atoms with Crippen molar-refractivity contribution in [2.45, 2.75) is 26.3 Å². The van der Waals surface area contributed by atoms with Crippen LogP contribution in [0.5, 0.6) is 11.5 Å². The van der Waals surface area contributed by atoms with Crippen LogP contribution in [0.15, 0.2) is 122 Å². The van der Waals surface area contributed by atoms with Crippen LogP contribution < -0.4 is 20.1 Å². The fourth-order valence-electron chi connectivity index (χ4n) is 4.21. The van der Waals surface area contributed by atoms with Gasteiger partial charge in [-0.2, -0.15) is 0 Å². The van der Waals surface area contributed by atoms with Crippen molar-refractivity contribution in [1.29, 1.82) is 0 Å². The summed E-state index contributed by atoms with van der Waals surface area (Å²) in [7, 11) is 0. The van der Waals surface area contributed by atoms with Crippen LogP contribution in [0, 0.1) is 0 Å². The number of rotatable bonds is 12. The minimum atomic E-state index is -0.337. The van der Waals surface area contributed by atoms with Crippen molar-refractivity contribution in [3.05, 3.63) is 155 Å². The SMILES string of the molecule is O=C(NCc1cccc(CNC(=O)c2ncccc2OCc2ccccc2)c1)c1ncccc1OCc1ccccc1. The number of benzene rings is 3. The highest BCUT2D eigenvalue weighted by molar-refractivity contribution is 5.95. The third-order valence-corrected chi connectivity index (χ3v) is 6.34. The first kappa shape index (κ1) is 28.0. The molecule has 2 N–H and O–H groups in total. The van der Waals surface area contributed by atoms with Crippen molar-refractivity contribution >= 4 is 11.8 Å². The molecule has 0 bridgehead atoms. The van der Waals surface area contributed by atoms with Crippen LogP contribution >= 0.6 is 0 Å². The predicted molar refractivity (Wildman–Crippen MR) is 159 cm³/mol. The molecule has 0 aliphatic rings. The van der Waals surface area contributed by atoms with E-state index in [1.54, 1.807) is 36.7 Å². The fraction of sp³-hybridized carbons (Fsp3) is 0.118. The highest BCUT2D eigenvalue weighted by Crippen LogP contribution is 2.19. The van der Waals surface area contributed by atoms with Crippen LogP contribution in [-0.2, 0) is 26.3 Å². The molecule has 0 aliphatic carbocycles. The van der Waals surface area contributed by atoms with Gasteiger partial charge in [-0.1, -0.05) is 84.9 Å². The number of hydrogen-bond acceptors (Lipinski definition) is 6. The molecular formula is C34H30N4O4. The van der Waals surface area contributed by atoms with Crippen molar-refractivity contribution in [2.75, 3.05) is 0 Å². The van der Waals surface area contributed by atoms with E-state index in [-0.39, 0.29) is 36.3 Å². The first-order valence-electron chi connectivity index (χ1n) is 13.5. The van der Waals surface area contributed by atoms with E-state index in [2.05, 4.69) is 20.6 Å². The molecule has 0 spiro atoms. The van der Waals surface area contributed by atoms with Gasteiger partial charge in [-0.15, -0.1) is 0 Å². The summed E-state index contributed by atoms with van der Waals surface area (Å²) in [5.41, 5.74) is 4.19. The number of nitrogens with one attached hydrogen (secondary N) is 2. The van der Waals surface area contributed by atoms with Gasteiger partial charge in [0.15, 0.2) is 22.9 Å². The number of aromatic nitrogens is 2. The molecule has 2 amide bonds. The van der Waals surface area contributed by atoms with Gasteiger partial charge >= 0.3 is 0 Å². The Labute approximate surface area is 244 Å². The predicted octanol–water partition coefficient (Wildman–Crippen LogP) is 5.49. The summed E-state index contributed by atoms with van der Waals surface area (Å²) in [5, 5.41) is 5.82. The molecule has 0 aliphatic heterocycles.